The molecular weight excluding hydrogens is 372 g/mol. The van der Waals surface area contributed by atoms with E-state index in [9.17, 15) is 8.42 Å². The smallest absolute Gasteiger partial charge is 0.252 e. The Morgan fingerprint density at radius 1 is 1.42 bits per heavy atom. The molecule has 1 saturated heterocycles. The summed E-state index contributed by atoms with van der Waals surface area (Å²) in [7, 11) is -1.66. The third-order valence-electron chi connectivity index (χ3n) is 3.29. The van der Waals surface area contributed by atoms with E-state index in [1.165, 1.54) is 15.6 Å². The summed E-state index contributed by atoms with van der Waals surface area (Å²) < 4.78 is 27.8. The molecule has 0 saturated carbocycles. The van der Waals surface area contributed by atoms with Gasteiger partial charge in [0, 0.05) is 13.1 Å². The SMILES string of the molecule is Cc1cc(S(=O)(=O)N(C)C2CCNCC2)sc1Br.Cl. The number of nitrogens with one attached hydrogen (secondary N) is 1. The van der Waals surface area contributed by atoms with Crippen molar-refractivity contribution in [2.24, 2.45) is 0 Å². The van der Waals surface area contributed by atoms with Crippen LogP contribution in [0.5, 0.6) is 0 Å². The van der Waals surface area contributed by atoms with Crippen molar-refractivity contribution in [2.75, 3.05) is 20.1 Å². The second-order valence-electron chi connectivity index (χ2n) is 4.52. The van der Waals surface area contributed by atoms with Crippen LogP contribution in [0.1, 0.15) is 18.4 Å². The summed E-state index contributed by atoms with van der Waals surface area (Å²) in [6.07, 6.45) is 1.75. The number of halogens is 2. The van der Waals surface area contributed by atoms with Crippen molar-refractivity contribution in [3.05, 3.63) is 15.4 Å². The van der Waals surface area contributed by atoms with Gasteiger partial charge in [-0.2, -0.15) is 4.31 Å². The Morgan fingerprint density at radius 3 is 2.47 bits per heavy atom. The highest BCUT2D eigenvalue weighted by Crippen LogP contribution is 2.33. The third kappa shape index (κ3) is 3.71. The van der Waals surface area contributed by atoms with Crippen molar-refractivity contribution in [3.63, 3.8) is 0 Å². The first-order valence-corrected chi connectivity index (χ1v) is 8.92. The van der Waals surface area contributed by atoms with Crippen molar-refractivity contribution in [2.45, 2.75) is 30.0 Å². The van der Waals surface area contributed by atoms with E-state index in [0.29, 0.717) is 4.21 Å². The molecule has 0 radical (unpaired) electrons. The molecule has 8 heteroatoms. The van der Waals surface area contributed by atoms with Crippen LogP contribution in [0.15, 0.2) is 14.1 Å². The lowest BCUT2D eigenvalue weighted by Crippen LogP contribution is -2.43. The topological polar surface area (TPSA) is 49.4 Å². The number of hydrogen-bond donors (Lipinski definition) is 1. The Morgan fingerprint density at radius 2 is 2.00 bits per heavy atom. The van der Waals surface area contributed by atoms with E-state index in [2.05, 4.69) is 21.2 Å². The summed E-state index contributed by atoms with van der Waals surface area (Å²) in [5, 5.41) is 3.25. The van der Waals surface area contributed by atoms with Gasteiger partial charge in [-0.05, 0) is 60.4 Å². The van der Waals surface area contributed by atoms with Crippen LogP contribution in [0.3, 0.4) is 0 Å². The number of piperidine rings is 1. The van der Waals surface area contributed by atoms with Gasteiger partial charge in [-0.1, -0.05) is 0 Å². The summed E-state index contributed by atoms with van der Waals surface area (Å²) in [6.45, 7) is 3.68. The highest BCUT2D eigenvalue weighted by molar-refractivity contribution is 9.11. The van der Waals surface area contributed by atoms with Gasteiger partial charge in [0.05, 0.1) is 3.79 Å². The van der Waals surface area contributed by atoms with E-state index in [4.69, 9.17) is 0 Å². The van der Waals surface area contributed by atoms with Crippen LogP contribution >= 0.6 is 39.7 Å². The molecule has 2 heterocycles. The number of sulfonamides is 1. The van der Waals surface area contributed by atoms with Crippen molar-refractivity contribution >= 4 is 49.7 Å². The molecule has 0 bridgehead atoms. The number of aryl methyl sites for hydroxylation is 1. The van der Waals surface area contributed by atoms with Gasteiger partial charge in [0.1, 0.15) is 4.21 Å². The fourth-order valence-electron chi connectivity index (χ4n) is 2.07. The van der Waals surface area contributed by atoms with Crippen LogP contribution in [-0.2, 0) is 10.0 Å². The number of thiophene rings is 1. The Labute approximate surface area is 133 Å². The largest absolute Gasteiger partial charge is 0.317 e. The molecule has 0 aliphatic carbocycles. The molecule has 1 fully saturated rings. The van der Waals surface area contributed by atoms with Gasteiger partial charge in [-0.15, -0.1) is 23.7 Å². The molecule has 0 atom stereocenters. The van der Waals surface area contributed by atoms with Crippen molar-refractivity contribution in [1.82, 2.24) is 9.62 Å². The van der Waals surface area contributed by atoms with Crippen LogP contribution in [0.4, 0.5) is 0 Å². The van der Waals surface area contributed by atoms with Gasteiger partial charge in [0.25, 0.3) is 10.0 Å². The summed E-state index contributed by atoms with van der Waals surface area (Å²) >= 11 is 4.66. The molecule has 4 nitrogen and oxygen atoms in total. The predicted molar refractivity (Wildman–Crippen MR) is 84.8 cm³/mol. The van der Waals surface area contributed by atoms with Crippen LogP contribution in [0.2, 0.25) is 0 Å². The van der Waals surface area contributed by atoms with E-state index in [1.807, 2.05) is 6.92 Å². The summed E-state index contributed by atoms with van der Waals surface area (Å²) in [5.41, 5.74) is 0.970. The summed E-state index contributed by atoms with van der Waals surface area (Å²) in [4.78, 5) is 0. The minimum absolute atomic E-state index is 0. The zero-order chi connectivity index (χ0) is 13.3. The molecule has 1 N–H and O–H groups in total. The summed E-state index contributed by atoms with van der Waals surface area (Å²) in [6, 6.07) is 1.85. The minimum atomic E-state index is -3.35. The lowest BCUT2D eigenvalue weighted by Gasteiger charge is -2.30. The minimum Gasteiger partial charge on any atom is -0.317 e. The predicted octanol–water partition coefficient (Wildman–Crippen LogP) is 2.61. The van der Waals surface area contributed by atoms with Gasteiger partial charge in [0.2, 0.25) is 0 Å². The molecule has 1 aromatic heterocycles. The Kier molecular flexibility index (Phi) is 6.28. The van der Waals surface area contributed by atoms with E-state index < -0.39 is 10.0 Å². The lowest BCUT2D eigenvalue weighted by atomic mass is 10.1. The Hall–Kier alpha value is 0.340. The first-order valence-electron chi connectivity index (χ1n) is 5.87. The molecule has 0 aromatic carbocycles. The first kappa shape index (κ1) is 17.4. The zero-order valence-electron chi connectivity index (χ0n) is 10.8. The second-order valence-corrected chi connectivity index (χ2v) is 9.12. The fraction of sp³-hybridized carbons (Fsp3) is 0.636. The van der Waals surface area contributed by atoms with Gasteiger partial charge < -0.3 is 5.32 Å². The zero-order valence-corrected chi connectivity index (χ0v) is 14.9. The second kappa shape index (κ2) is 6.87. The molecular formula is C11H18BrClN2O2S2. The number of nitrogens with zero attached hydrogens (tertiary/aromatic N) is 1. The van der Waals surface area contributed by atoms with Crippen molar-refractivity contribution in [1.29, 1.82) is 0 Å². The molecule has 110 valence electrons. The van der Waals surface area contributed by atoms with E-state index in [-0.39, 0.29) is 18.4 Å². The molecule has 1 aliphatic rings. The number of rotatable bonds is 3. The van der Waals surface area contributed by atoms with Gasteiger partial charge in [0.15, 0.2) is 0 Å². The molecule has 19 heavy (non-hydrogen) atoms. The highest BCUT2D eigenvalue weighted by Gasteiger charge is 2.30. The maximum absolute atomic E-state index is 12.5. The maximum Gasteiger partial charge on any atom is 0.252 e. The number of hydrogen-bond acceptors (Lipinski definition) is 4. The molecule has 0 amide bonds. The Balaban J connectivity index is 0.00000180. The molecule has 2 rings (SSSR count). The standard InChI is InChI=1S/C11H17BrN2O2S2.ClH/c1-8-7-10(17-11(8)12)18(15,16)14(2)9-3-5-13-6-4-9;/h7,9,13H,3-6H2,1-2H3;1H. The summed E-state index contributed by atoms with van der Waals surface area (Å²) in [5.74, 6) is 0. The molecule has 1 aromatic rings. The lowest BCUT2D eigenvalue weighted by molar-refractivity contribution is 0.297. The van der Waals surface area contributed by atoms with E-state index >= 15 is 0 Å². The molecule has 0 spiro atoms. The third-order valence-corrected chi connectivity index (χ3v) is 7.79. The Bertz CT molecular complexity index is 507. The van der Waals surface area contributed by atoms with Gasteiger partial charge >= 0.3 is 0 Å². The van der Waals surface area contributed by atoms with Crippen LogP contribution in [0, 0.1) is 6.92 Å². The molecule has 1 aliphatic heterocycles. The average Bonchev–Trinajstić information content (AvgIpc) is 2.70. The molecule has 0 unspecified atom stereocenters. The van der Waals surface area contributed by atoms with Crippen molar-refractivity contribution in [3.8, 4) is 0 Å². The first-order chi connectivity index (χ1) is 8.43. The highest BCUT2D eigenvalue weighted by atomic mass is 79.9. The van der Waals surface area contributed by atoms with Crippen molar-refractivity contribution < 1.29 is 8.42 Å². The fourth-order valence-corrected chi connectivity index (χ4v) is 5.90. The van der Waals surface area contributed by atoms with Gasteiger partial charge in [-0.25, -0.2) is 8.42 Å². The van der Waals surface area contributed by atoms with Crippen LogP contribution in [-0.4, -0.2) is 38.9 Å². The van der Waals surface area contributed by atoms with Crippen LogP contribution in [0.25, 0.3) is 0 Å². The van der Waals surface area contributed by atoms with E-state index in [1.54, 1.807) is 13.1 Å². The monoisotopic (exact) mass is 388 g/mol. The van der Waals surface area contributed by atoms with Gasteiger partial charge in [-0.3, -0.25) is 0 Å². The average molecular weight is 390 g/mol. The quantitative estimate of drug-likeness (QED) is 0.864. The normalized spacial score (nSPS) is 17.5. The van der Waals surface area contributed by atoms with Crippen LogP contribution < -0.4 is 5.32 Å². The van der Waals surface area contributed by atoms with E-state index in [0.717, 1.165) is 35.3 Å². The maximum atomic E-state index is 12.5.